The van der Waals surface area contributed by atoms with Gasteiger partial charge in [0.1, 0.15) is 11.6 Å². The molecule has 0 bridgehead atoms. The first-order valence-corrected chi connectivity index (χ1v) is 6.38. The minimum absolute atomic E-state index is 0.239. The number of carbonyl (C=O) groups is 1. The molecule has 19 heavy (non-hydrogen) atoms. The third kappa shape index (κ3) is 4.37. The molecule has 1 heterocycles. The van der Waals surface area contributed by atoms with E-state index in [1.807, 2.05) is 0 Å². The second kappa shape index (κ2) is 6.33. The molecule has 5 heteroatoms. The second-order valence-corrected chi connectivity index (χ2v) is 4.60. The monoisotopic (exact) mass is 323 g/mol. The van der Waals surface area contributed by atoms with E-state index in [1.54, 1.807) is 30.3 Å². The summed E-state index contributed by atoms with van der Waals surface area (Å²) >= 11 is 3.17. The van der Waals surface area contributed by atoms with Crippen molar-refractivity contribution in [1.82, 2.24) is 5.32 Å². The zero-order chi connectivity index (χ0) is 13.7. The quantitative estimate of drug-likeness (QED) is 0.875. The first-order chi connectivity index (χ1) is 9.13. The predicted molar refractivity (Wildman–Crippen MR) is 73.7 cm³/mol. The van der Waals surface area contributed by atoms with Gasteiger partial charge in [-0.25, -0.2) is 4.39 Å². The van der Waals surface area contributed by atoms with Gasteiger partial charge in [0.25, 0.3) is 0 Å². The summed E-state index contributed by atoms with van der Waals surface area (Å²) in [6.07, 6.45) is 2.96. The van der Waals surface area contributed by atoms with Crippen molar-refractivity contribution in [2.45, 2.75) is 6.54 Å². The van der Waals surface area contributed by atoms with E-state index in [0.29, 0.717) is 17.0 Å². The summed E-state index contributed by atoms with van der Waals surface area (Å²) in [4.78, 5) is 11.5. The SMILES string of the molecule is O=C(C=Cc1ccc(Br)o1)NCc1ccc(F)cc1. The molecule has 1 aromatic heterocycles. The first kappa shape index (κ1) is 13.5. The first-order valence-electron chi connectivity index (χ1n) is 5.59. The molecule has 1 N–H and O–H groups in total. The van der Waals surface area contributed by atoms with Gasteiger partial charge in [-0.15, -0.1) is 0 Å². The molecule has 0 aliphatic rings. The van der Waals surface area contributed by atoms with Crippen LogP contribution in [0.25, 0.3) is 6.08 Å². The molecule has 0 aliphatic heterocycles. The fourth-order valence-corrected chi connectivity index (χ4v) is 1.75. The van der Waals surface area contributed by atoms with Crippen molar-refractivity contribution in [2.24, 2.45) is 0 Å². The highest BCUT2D eigenvalue weighted by atomic mass is 79.9. The van der Waals surface area contributed by atoms with Gasteiger partial charge in [-0.2, -0.15) is 0 Å². The Hall–Kier alpha value is -1.88. The average molecular weight is 324 g/mol. The molecule has 1 amide bonds. The highest BCUT2D eigenvalue weighted by molar-refractivity contribution is 9.10. The Morgan fingerprint density at radius 2 is 2.00 bits per heavy atom. The molecule has 0 saturated heterocycles. The van der Waals surface area contributed by atoms with Crippen LogP contribution in [0.3, 0.4) is 0 Å². The fraction of sp³-hybridized carbons (Fsp3) is 0.0714. The Balaban J connectivity index is 1.84. The second-order valence-electron chi connectivity index (χ2n) is 3.82. The van der Waals surface area contributed by atoms with Gasteiger partial charge in [0.05, 0.1) is 0 Å². The number of amides is 1. The number of rotatable bonds is 4. The van der Waals surface area contributed by atoms with E-state index in [9.17, 15) is 9.18 Å². The highest BCUT2D eigenvalue weighted by Gasteiger charge is 1.99. The summed E-state index contributed by atoms with van der Waals surface area (Å²) in [6.45, 7) is 0.352. The van der Waals surface area contributed by atoms with Crippen molar-refractivity contribution in [3.63, 3.8) is 0 Å². The van der Waals surface area contributed by atoms with E-state index in [4.69, 9.17) is 4.42 Å². The lowest BCUT2D eigenvalue weighted by molar-refractivity contribution is -0.116. The van der Waals surface area contributed by atoms with Crippen molar-refractivity contribution >= 4 is 27.9 Å². The lowest BCUT2D eigenvalue weighted by atomic mass is 10.2. The maximum atomic E-state index is 12.7. The number of carbonyl (C=O) groups excluding carboxylic acids is 1. The molecular formula is C14H11BrFNO2. The Kier molecular flexibility index (Phi) is 4.52. The zero-order valence-corrected chi connectivity index (χ0v) is 11.5. The van der Waals surface area contributed by atoms with Crippen LogP contribution in [0.15, 0.2) is 51.6 Å². The van der Waals surface area contributed by atoms with Gasteiger partial charge >= 0.3 is 0 Å². The summed E-state index contributed by atoms with van der Waals surface area (Å²) in [5.74, 6) is 0.0547. The molecule has 0 radical (unpaired) electrons. The van der Waals surface area contributed by atoms with Crippen LogP contribution in [0, 0.1) is 5.82 Å². The molecule has 0 aliphatic carbocycles. The molecular weight excluding hydrogens is 313 g/mol. The third-order valence-electron chi connectivity index (χ3n) is 2.37. The lowest BCUT2D eigenvalue weighted by Gasteiger charge is -2.01. The lowest BCUT2D eigenvalue weighted by Crippen LogP contribution is -2.20. The van der Waals surface area contributed by atoms with Crippen molar-refractivity contribution < 1.29 is 13.6 Å². The van der Waals surface area contributed by atoms with E-state index in [1.165, 1.54) is 18.2 Å². The van der Waals surface area contributed by atoms with Gasteiger partial charge in [-0.3, -0.25) is 4.79 Å². The number of benzene rings is 1. The molecule has 0 atom stereocenters. The standard InChI is InChI=1S/C14H11BrFNO2/c15-13-7-5-12(19-13)6-8-14(18)17-9-10-1-3-11(16)4-2-10/h1-8H,9H2,(H,17,18). The molecule has 0 unspecified atom stereocenters. The normalized spacial score (nSPS) is 10.8. The summed E-state index contributed by atoms with van der Waals surface area (Å²) in [5, 5.41) is 2.69. The minimum atomic E-state index is -0.293. The van der Waals surface area contributed by atoms with Crippen LogP contribution in [0.1, 0.15) is 11.3 Å². The number of hydrogen-bond acceptors (Lipinski definition) is 2. The zero-order valence-electron chi connectivity index (χ0n) is 9.90. The summed E-state index contributed by atoms with van der Waals surface area (Å²) in [5.41, 5.74) is 0.837. The van der Waals surface area contributed by atoms with Crippen LogP contribution in [0.5, 0.6) is 0 Å². The maximum absolute atomic E-state index is 12.7. The molecule has 98 valence electrons. The van der Waals surface area contributed by atoms with Crippen LogP contribution in [-0.2, 0) is 11.3 Å². The van der Waals surface area contributed by atoms with E-state index in [2.05, 4.69) is 21.2 Å². The predicted octanol–water partition coefficient (Wildman–Crippen LogP) is 3.51. The molecule has 2 rings (SSSR count). The summed E-state index contributed by atoms with van der Waals surface area (Å²) in [6, 6.07) is 9.46. The highest BCUT2D eigenvalue weighted by Crippen LogP contribution is 2.14. The van der Waals surface area contributed by atoms with Crippen LogP contribution in [0.2, 0.25) is 0 Å². The Bertz CT molecular complexity index is 590. The molecule has 0 spiro atoms. The summed E-state index contributed by atoms with van der Waals surface area (Å²) in [7, 11) is 0. The topological polar surface area (TPSA) is 42.2 Å². The van der Waals surface area contributed by atoms with E-state index in [-0.39, 0.29) is 11.7 Å². The smallest absolute Gasteiger partial charge is 0.244 e. The van der Waals surface area contributed by atoms with Crippen molar-refractivity contribution in [1.29, 1.82) is 0 Å². The van der Waals surface area contributed by atoms with Crippen molar-refractivity contribution in [3.05, 3.63) is 64.3 Å². The largest absolute Gasteiger partial charge is 0.450 e. The fourth-order valence-electron chi connectivity index (χ4n) is 1.43. The minimum Gasteiger partial charge on any atom is -0.450 e. The van der Waals surface area contributed by atoms with Gasteiger partial charge in [-0.1, -0.05) is 12.1 Å². The Morgan fingerprint density at radius 1 is 1.26 bits per heavy atom. The Labute approximate surface area is 118 Å². The maximum Gasteiger partial charge on any atom is 0.244 e. The molecule has 1 aromatic carbocycles. The molecule has 0 fully saturated rings. The van der Waals surface area contributed by atoms with E-state index >= 15 is 0 Å². The number of halogens is 2. The van der Waals surface area contributed by atoms with Crippen LogP contribution in [0.4, 0.5) is 4.39 Å². The van der Waals surface area contributed by atoms with E-state index < -0.39 is 0 Å². The van der Waals surface area contributed by atoms with Gasteiger partial charge in [0.15, 0.2) is 4.67 Å². The number of furan rings is 1. The van der Waals surface area contributed by atoms with Crippen molar-refractivity contribution in [2.75, 3.05) is 0 Å². The van der Waals surface area contributed by atoms with Crippen LogP contribution < -0.4 is 5.32 Å². The Morgan fingerprint density at radius 3 is 2.63 bits per heavy atom. The van der Waals surface area contributed by atoms with Crippen molar-refractivity contribution in [3.8, 4) is 0 Å². The van der Waals surface area contributed by atoms with Gasteiger partial charge in [-0.05, 0) is 51.8 Å². The number of hydrogen-bond donors (Lipinski definition) is 1. The summed E-state index contributed by atoms with van der Waals surface area (Å²) < 4.78 is 18.5. The number of nitrogens with one attached hydrogen (secondary N) is 1. The molecule has 2 aromatic rings. The molecule has 3 nitrogen and oxygen atoms in total. The van der Waals surface area contributed by atoms with Crippen LogP contribution in [-0.4, -0.2) is 5.91 Å². The van der Waals surface area contributed by atoms with Gasteiger partial charge in [0, 0.05) is 12.6 Å². The van der Waals surface area contributed by atoms with E-state index in [0.717, 1.165) is 5.56 Å². The van der Waals surface area contributed by atoms with Gasteiger partial charge < -0.3 is 9.73 Å². The van der Waals surface area contributed by atoms with Gasteiger partial charge in [0.2, 0.25) is 5.91 Å². The molecule has 0 saturated carbocycles. The average Bonchev–Trinajstić information content (AvgIpc) is 2.81. The van der Waals surface area contributed by atoms with Crippen LogP contribution >= 0.6 is 15.9 Å². The third-order valence-corrected chi connectivity index (χ3v) is 2.80.